The van der Waals surface area contributed by atoms with Crippen molar-refractivity contribution >= 4 is 17.4 Å². The molecule has 0 unspecified atom stereocenters. The van der Waals surface area contributed by atoms with Crippen LogP contribution in [0.3, 0.4) is 0 Å². The molecule has 1 atom stereocenters. The SMILES string of the molecule is COC(=O)c1ccc([C@H]2C(c3ccc(C)cc3)=C(O)C(=O)N2Cc2ccc(OC)cc2)cc1. The number of hydrogen-bond donors (Lipinski definition) is 1. The average molecular weight is 443 g/mol. The molecular weight excluding hydrogens is 418 g/mol. The van der Waals surface area contributed by atoms with Crippen molar-refractivity contribution in [3.05, 3.63) is 106 Å². The Morgan fingerprint density at radius 1 is 0.939 bits per heavy atom. The van der Waals surface area contributed by atoms with Crippen LogP contribution in [0.25, 0.3) is 5.57 Å². The van der Waals surface area contributed by atoms with Crippen molar-refractivity contribution in [3.63, 3.8) is 0 Å². The minimum atomic E-state index is -0.519. The van der Waals surface area contributed by atoms with Gasteiger partial charge in [0, 0.05) is 12.1 Å². The number of amides is 1. The lowest BCUT2D eigenvalue weighted by Crippen LogP contribution is -2.29. The van der Waals surface area contributed by atoms with E-state index in [0.717, 1.165) is 28.0 Å². The molecule has 0 aromatic heterocycles. The van der Waals surface area contributed by atoms with E-state index in [2.05, 4.69) is 0 Å². The van der Waals surface area contributed by atoms with Crippen LogP contribution in [0.5, 0.6) is 5.75 Å². The lowest BCUT2D eigenvalue weighted by atomic mass is 9.92. The zero-order chi connectivity index (χ0) is 23.5. The number of nitrogens with zero attached hydrogens (tertiary/aromatic N) is 1. The van der Waals surface area contributed by atoms with Gasteiger partial charge in [0.15, 0.2) is 5.76 Å². The molecule has 0 fully saturated rings. The van der Waals surface area contributed by atoms with E-state index < -0.39 is 17.9 Å². The first-order valence-corrected chi connectivity index (χ1v) is 10.5. The number of esters is 1. The third-order valence-electron chi connectivity index (χ3n) is 5.83. The maximum Gasteiger partial charge on any atom is 0.337 e. The Bertz CT molecular complexity index is 1190. The predicted molar refractivity (Wildman–Crippen MR) is 125 cm³/mol. The van der Waals surface area contributed by atoms with Crippen LogP contribution < -0.4 is 4.74 Å². The van der Waals surface area contributed by atoms with Crippen molar-refractivity contribution in [1.29, 1.82) is 0 Å². The van der Waals surface area contributed by atoms with Gasteiger partial charge in [-0.05, 0) is 47.9 Å². The van der Waals surface area contributed by atoms with Gasteiger partial charge >= 0.3 is 5.97 Å². The second kappa shape index (κ2) is 9.20. The molecule has 3 aromatic carbocycles. The summed E-state index contributed by atoms with van der Waals surface area (Å²) in [5, 5.41) is 10.9. The molecular formula is C27H25NO5. The van der Waals surface area contributed by atoms with Crippen LogP contribution in [0.2, 0.25) is 0 Å². The first-order valence-electron chi connectivity index (χ1n) is 10.5. The van der Waals surface area contributed by atoms with Crippen LogP contribution in [0.1, 0.15) is 38.7 Å². The molecule has 168 valence electrons. The zero-order valence-corrected chi connectivity index (χ0v) is 18.7. The Morgan fingerprint density at radius 2 is 1.58 bits per heavy atom. The van der Waals surface area contributed by atoms with Crippen molar-refractivity contribution in [1.82, 2.24) is 4.90 Å². The molecule has 1 heterocycles. The fraction of sp³-hybridized carbons (Fsp3) is 0.185. The highest BCUT2D eigenvalue weighted by molar-refractivity contribution is 6.05. The van der Waals surface area contributed by atoms with Crippen LogP contribution in [0.4, 0.5) is 0 Å². The molecule has 0 aliphatic carbocycles. The third kappa shape index (κ3) is 4.32. The van der Waals surface area contributed by atoms with Gasteiger partial charge in [-0.2, -0.15) is 0 Å². The lowest BCUT2D eigenvalue weighted by molar-refractivity contribution is -0.130. The molecule has 0 bridgehead atoms. The summed E-state index contributed by atoms with van der Waals surface area (Å²) in [5.41, 5.74) is 4.49. The second-order valence-electron chi connectivity index (χ2n) is 7.93. The average Bonchev–Trinajstić information content (AvgIpc) is 3.09. The number of benzene rings is 3. The number of carbonyl (C=O) groups excluding carboxylic acids is 2. The smallest absolute Gasteiger partial charge is 0.337 e. The maximum absolute atomic E-state index is 13.2. The topological polar surface area (TPSA) is 76.1 Å². The minimum absolute atomic E-state index is 0.269. The Kier molecular flexibility index (Phi) is 6.18. The number of aliphatic hydroxyl groups excluding tert-OH is 1. The Labute approximate surface area is 192 Å². The van der Waals surface area contributed by atoms with Crippen molar-refractivity contribution < 1.29 is 24.2 Å². The van der Waals surface area contributed by atoms with Gasteiger partial charge in [-0.1, -0.05) is 54.1 Å². The number of aliphatic hydroxyl groups is 1. The molecule has 6 nitrogen and oxygen atoms in total. The van der Waals surface area contributed by atoms with E-state index >= 15 is 0 Å². The molecule has 1 N–H and O–H groups in total. The molecule has 1 aliphatic rings. The normalized spacial score (nSPS) is 15.7. The van der Waals surface area contributed by atoms with Gasteiger partial charge in [0.25, 0.3) is 5.91 Å². The molecule has 4 rings (SSSR count). The molecule has 33 heavy (non-hydrogen) atoms. The summed E-state index contributed by atoms with van der Waals surface area (Å²) in [6.45, 7) is 2.28. The lowest BCUT2D eigenvalue weighted by Gasteiger charge is -2.27. The molecule has 1 amide bonds. The summed E-state index contributed by atoms with van der Waals surface area (Å²) in [4.78, 5) is 26.7. The van der Waals surface area contributed by atoms with Gasteiger partial charge in [-0.15, -0.1) is 0 Å². The van der Waals surface area contributed by atoms with Crippen molar-refractivity contribution in [2.24, 2.45) is 0 Å². The Balaban J connectivity index is 1.77. The highest BCUT2D eigenvalue weighted by Gasteiger charge is 2.41. The first-order chi connectivity index (χ1) is 15.9. The first kappa shape index (κ1) is 22.1. The summed E-state index contributed by atoms with van der Waals surface area (Å²) in [7, 11) is 2.93. The van der Waals surface area contributed by atoms with Gasteiger partial charge in [-0.3, -0.25) is 4.79 Å². The Morgan fingerprint density at radius 3 is 2.15 bits per heavy atom. The third-order valence-corrected chi connectivity index (χ3v) is 5.83. The van der Waals surface area contributed by atoms with Crippen molar-refractivity contribution in [3.8, 4) is 5.75 Å². The van der Waals surface area contributed by atoms with Crippen LogP contribution in [-0.4, -0.2) is 36.1 Å². The molecule has 3 aromatic rings. The summed E-state index contributed by atoms with van der Waals surface area (Å²) in [6.07, 6.45) is 0. The van der Waals surface area contributed by atoms with Crippen LogP contribution in [-0.2, 0) is 16.1 Å². The van der Waals surface area contributed by atoms with Crippen LogP contribution in [0.15, 0.2) is 78.6 Å². The van der Waals surface area contributed by atoms with Crippen LogP contribution >= 0.6 is 0 Å². The predicted octanol–water partition coefficient (Wildman–Crippen LogP) is 4.84. The molecule has 0 saturated carbocycles. The van der Waals surface area contributed by atoms with Crippen LogP contribution in [0, 0.1) is 6.92 Å². The van der Waals surface area contributed by atoms with E-state index in [9.17, 15) is 14.7 Å². The number of carbonyl (C=O) groups is 2. The minimum Gasteiger partial charge on any atom is -0.503 e. The Hall–Kier alpha value is -4.06. The maximum atomic E-state index is 13.2. The van der Waals surface area contributed by atoms with Gasteiger partial charge in [0.1, 0.15) is 5.75 Å². The number of ether oxygens (including phenoxy) is 2. The van der Waals surface area contributed by atoms with E-state index in [-0.39, 0.29) is 5.76 Å². The zero-order valence-electron chi connectivity index (χ0n) is 18.7. The van der Waals surface area contributed by atoms with E-state index in [1.807, 2.05) is 55.5 Å². The van der Waals surface area contributed by atoms with Gasteiger partial charge in [0.2, 0.25) is 0 Å². The number of methoxy groups -OCH3 is 2. The molecule has 0 radical (unpaired) electrons. The van der Waals surface area contributed by atoms with E-state index in [4.69, 9.17) is 9.47 Å². The van der Waals surface area contributed by atoms with Gasteiger partial charge in [-0.25, -0.2) is 4.79 Å². The standard InChI is InChI=1S/C27H25NO5/c1-17-4-8-19(9-5-17)23-24(20-10-12-21(13-11-20)27(31)33-3)28(26(30)25(23)29)16-18-6-14-22(32-2)15-7-18/h4-15,24,29H,16H2,1-3H3/t24-/m0/s1. The van der Waals surface area contributed by atoms with Gasteiger partial charge in [0.05, 0.1) is 25.8 Å². The molecule has 0 spiro atoms. The number of hydrogen-bond acceptors (Lipinski definition) is 5. The summed E-state index contributed by atoms with van der Waals surface area (Å²) in [5.74, 6) is -0.420. The fourth-order valence-electron chi connectivity index (χ4n) is 4.04. The van der Waals surface area contributed by atoms with Crippen molar-refractivity contribution in [2.75, 3.05) is 14.2 Å². The molecule has 1 aliphatic heterocycles. The highest BCUT2D eigenvalue weighted by Crippen LogP contribution is 2.43. The van der Waals surface area contributed by atoms with Crippen molar-refractivity contribution in [2.45, 2.75) is 19.5 Å². The summed E-state index contributed by atoms with van der Waals surface area (Å²) >= 11 is 0. The van der Waals surface area contributed by atoms with Gasteiger partial charge < -0.3 is 19.5 Å². The quantitative estimate of drug-likeness (QED) is 0.552. The van der Waals surface area contributed by atoms with E-state index in [1.54, 1.807) is 36.3 Å². The summed E-state index contributed by atoms with van der Waals surface area (Å²) in [6, 6.07) is 21.6. The number of aryl methyl sites for hydroxylation is 1. The monoisotopic (exact) mass is 443 g/mol. The van der Waals surface area contributed by atoms with E-state index in [1.165, 1.54) is 7.11 Å². The highest BCUT2D eigenvalue weighted by atomic mass is 16.5. The van der Waals surface area contributed by atoms with E-state index in [0.29, 0.717) is 17.7 Å². The second-order valence-corrected chi connectivity index (χ2v) is 7.93. The summed E-state index contributed by atoms with van der Waals surface area (Å²) < 4.78 is 10.0. The molecule has 6 heteroatoms. The largest absolute Gasteiger partial charge is 0.503 e. The fourth-order valence-corrected chi connectivity index (χ4v) is 4.04. The number of rotatable bonds is 6. The molecule has 0 saturated heterocycles.